The van der Waals surface area contributed by atoms with Crippen molar-refractivity contribution < 1.29 is 66.8 Å². The summed E-state index contributed by atoms with van der Waals surface area (Å²) >= 11 is 3.07. The molecule has 9 amide bonds. The smallest absolute Gasteiger partial charge is 0.409 e. The van der Waals surface area contributed by atoms with Gasteiger partial charge in [-0.2, -0.15) is 5.26 Å². The van der Waals surface area contributed by atoms with Crippen molar-refractivity contribution in [2.75, 3.05) is 129 Å². The van der Waals surface area contributed by atoms with Crippen LogP contribution in [-0.2, 0) is 63.9 Å². The number of halogens is 1. The van der Waals surface area contributed by atoms with Gasteiger partial charge in [0.1, 0.15) is 43.3 Å². The van der Waals surface area contributed by atoms with Gasteiger partial charge in [-0.15, -0.1) is 0 Å². The number of likely N-dealkylation sites (tertiary alicyclic amines) is 2. The van der Waals surface area contributed by atoms with Gasteiger partial charge in [-0.25, -0.2) is 19.6 Å². The highest BCUT2D eigenvalue weighted by Crippen LogP contribution is 2.30. The molecule has 0 unspecified atom stereocenters. The fourth-order valence-corrected chi connectivity index (χ4v) is 9.71. The Morgan fingerprint density at radius 2 is 1.49 bits per heavy atom. The predicted molar refractivity (Wildman–Crippen MR) is 314 cm³/mol. The first-order chi connectivity index (χ1) is 40.7. The fourth-order valence-electron chi connectivity index (χ4n) is 9.51. The van der Waals surface area contributed by atoms with E-state index in [-0.39, 0.29) is 106 Å². The Bertz CT molecular complexity index is 2780. The summed E-state index contributed by atoms with van der Waals surface area (Å²) in [4.78, 5) is 134. The zero-order valence-corrected chi connectivity index (χ0v) is 50.8. The number of alkyl halides is 1. The molecule has 5 atom stereocenters. The van der Waals surface area contributed by atoms with Crippen molar-refractivity contribution in [3.05, 3.63) is 48.4 Å². The Morgan fingerprint density at radius 3 is 2.14 bits per heavy atom. The van der Waals surface area contributed by atoms with Crippen molar-refractivity contribution in [2.45, 2.75) is 90.1 Å². The van der Waals surface area contributed by atoms with Crippen LogP contribution in [0.3, 0.4) is 0 Å². The van der Waals surface area contributed by atoms with Crippen molar-refractivity contribution >= 4 is 91.9 Å². The van der Waals surface area contributed by atoms with Gasteiger partial charge in [0.15, 0.2) is 5.65 Å². The van der Waals surface area contributed by atoms with E-state index in [1.165, 1.54) is 25.6 Å². The number of nitrogens with two attached hydrogens (primary N) is 1. The van der Waals surface area contributed by atoms with E-state index in [2.05, 4.69) is 54.1 Å². The molecule has 28 nitrogen and oxygen atoms in total. The first kappa shape index (κ1) is 68.3. The third kappa shape index (κ3) is 21.2. The number of anilines is 2. The van der Waals surface area contributed by atoms with E-state index in [9.17, 15) is 43.2 Å². The van der Waals surface area contributed by atoms with Crippen LogP contribution in [0.1, 0.15) is 64.9 Å². The largest absolute Gasteiger partial charge is 0.445 e. The van der Waals surface area contributed by atoms with Gasteiger partial charge in [-0.05, 0) is 54.9 Å². The summed E-state index contributed by atoms with van der Waals surface area (Å²) in [6, 6.07) is 6.47. The maximum atomic E-state index is 13.8. The standard InChI is InChI=1S/C56H81BrN14O14/c1-37(2)49(65-52(76)43-8-7-19-70(43)54(78)42(32-45(59)72)64-46(73)16-24-81-26-28-83-30-31-84-29-27-82-25-18-60-47(74)33-57)53(77)63-40-11-9-39(10-12-40)35-85-56(80)67(5)23-22-66(4)55(79)71-21-15-41-50(61-36-62-51(41)71)68(6)44-34-69(20-14-38(44)3)48(75)13-17-58/h9-12,15,21,36-38,42-44,49H,7-8,13-14,16,18-20,22-35H2,1-6H3,(H2,59,72)(H,60,74)(H,63,77)(H,64,73)(H,65,76)/t38-,42+,43+,44+,49+/m1/s1. The minimum absolute atomic E-state index is 0.00186. The van der Waals surface area contributed by atoms with E-state index >= 15 is 0 Å². The molecule has 29 heteroatoms. The van der Waals surface area contributed by atoms with E-state index in [4.69, 9.17) is 34.7 Å². The predicted octanol–water partition coefficient (Wildman–Crippen LogP) is 1.58. The number of nitriles is 1. The summed E-state index contributed by atoms with van der Waals surface area (Å²) in [7, 11) is 5.05. The number of carbonyl (C=O) groups excluding carboxylic acids is 9. The van der Waals surface area contributed by atoms with Gasteiger partial charge in [0.05, 0.1) is 82.1 Å². The molecule has 4 heterocycles. The van der Waals surface area contributed by atoms with Crippen LogP contribution in [0.5, 0.6) is 0 Å². The van der Waals surface area contributed by atoms with E-state index in [1.54, 1.807) is 69.4 Å². The molecular formula is C56H81BrN14O14. The fraction of sp³-hybridized carbons (Fsp3) is 0.607. The van der Waals surface area contributed by atoms with Gasteiger partial charge in [-0.3, -0.25) is 38.1 Å². The number of piperidine rings is 1. The van der Waals surface area contributed by atoms with Gasteiger partial charge in [0.25, 0.3) is 0 Å². The number of nitrogens with one attached hydrogen (secondary N) is 4. The van der Waals surface area contributed by atoms with E-state index in [0.717, 1.165) is 6.42 Å². The topological polar surface area (TPSA) is 345 Å². The lowest BCUT2D eigenvalue weighted by molar-refractivity contribution is -0.143. The number of nitrogens with zero attached hydrogens (tertiary/aromatic N) is 9. The highest BCUT2D eigenvalue weighted by molar-refractivity contribution is 9.09. The summed E-state index contributed by atoms with van der Waals surface area (Å²) < 4.78 is 28.7. The molecule has 2 aromatic heterocycles. The number of aromatic nitrogens is 3. The molecule has 3 aromatic rings. The molecule has 5 rings (SSSR count). The first-order valence-corrected chi connectivity index (χ1v) is 29.4. The van der Waals surface area contributed by atoms with Crippen molar-refractivity contribution in [3.63, 3.8) is 0 Å². The molecule has 6 N–H and O–H groups in total. The number of amides is 9. The third-order valence-corrected chi connectivity index (χ3v) is 14.9. The van der Waals surface area contributed by atoms with Crippen LogP contribution in [0.15, 0.2) is 42.9 Å². The van der Waals surface area contributed by atoms with Crippen LogP contribution in [0, 0.1) is 23.2 Å². The van der Waals surface area contributed by atoms with E-state index in [1.807, 2.05) is 18.0 Å². The van der Waals surface area contributed by atoms with Gasteiger partial charge in [-0.1, -0.05) is 48.8 Å². The third-order valence-electron chi connectivity index (χ3n) is 14.4. The number of benzene rings is 1. The number of ether oxygens (including phenoxy) is 5. The van der Waals surface area contributed by atoms with Crippen LogP contribution in [-0.4, -0.2) is 230 Å². The highest BCUT2D eigenvalue weighted by atomic mass is 79.9. The summed E-state index contributed by atoms with van der Waals surface area (Å²) in [6.07, 6.45) is 3.05. The van der Waals surface area contributed by atoms with Crippen LogP contribution in [0.4, 0.5) is 21.1 Å². The van der Waals surface area contributed by atoms with Crippen LogP contribution >= 0.6 is 15.9 Å². The average molecular weight is 1250 g/mol. The first-order valence-electron chi connectivity index (χ1n) is 28.3. The lowest BCUT2D eigenvalue weighted by Crippen LogP contribution is -2.57. The maximum Gasteiger partial charge on any atom is 0.409 e. The van der Waals surface area contributed by atoms with Crippen molar-refractivity contribution in [1.82, 2.24) is 50.1 Å². The molecule has 0 radical (unpaired) electrons. The molecule has 0 saturated carbocycles. The summed E-state index contributed by atoms with van der Waals surface area (Å²) in [5, 5.41) is 20.8. The number of rotatable bonds is 33. The summed E-state index contributed by atoms with van der Waals surface area (Å²) in [5.41, 5.74) is 6.88. The van der Waals surface area contributed by atoms with Crippen LogP contribution in [0.2, 0.25) is 0 Å². The van der Waals surface area contributed by atoms with Crippen LogP contribution in [0.25, 0.3) is 11.0 Å². The lowest BCUT2D eigenvalue weighted by atomic mass is 9.92. The lowest BCUT2D eigenvalue weighted by Gasteiger charge is -2.42. The second kappa shape index (κ2) is 35.1. The van der Waals surface area contributed by atoms with Crippen molar-refractivity contribution in [1.29, 1.82) is 5.26 Å². The molecular weight excluding hydrogens is 1170 g/mol. The van der Waals surface area contributed by atoms with Gasteiger partial charge >= 0.3 is 12.1 Å². The quantitative estimate of drug-likeness (QED) is 0.0427. The Morgan fingerprint density at radius 1 is 0.835 bits per heavy atom. The van der Waals surface area contributed by atoms with E-state index < -0.39 is 60.2 Å². The molecule has 2 saturated heterocycles. The number of hydrogen-bond donors (Lipinski definition) is 5. The molecule has 1 aromatic carbocycles. The van der Waals surface area contributed by atoms with Gasteiger partial charge < -0.3 is 75.2 Å². The van der Waals surface area contributed by atoms with Crippen molar-refractivity contribution in [2.24, 2.45) is 17.6 Å². The molecule has 2 aliphatic heterocycles. The summed E-state index contributed by atoms with van der Waals surface area (Å²) in [6.45, 7) is 9.59. The number of carbonyl (C=O) groups is 9. The van der Waals surface area contributed by atoms with E-state index in [0.29, 0.717) is 87.2 Å². The molecule has 0 bridgehead atoms. The molecule has 2 aliphatic rings. The minimum atomic E-state index is -1.34. The Balaban J connectivity index is 1.02. The van der Waals surface area contributed by atoms with Crippen LogP contribution < -0.4 is 31.9 Å². The Kier molecular flexibility index (Phi) is 28.2. The average Bonchev–Trinajstić information content (AvgIpc) is 2.48. The zero-order valence-electron chi connectivity index (χ0n) is 49.3. The highest BCUT2D eigenvalue weighted by Gasteiger charge is 2.40. The Hall–Kier alpha value is -7.52. The SMILES string of the molecule is CC(C)[C@H](NC(=O)[C@@H]1CCCN1C(=O)[C@H](CC(N)=O)NC(=O)CCOCCOCCOCCOCCNC(=O)CBr)C(=O)Nc1ccc(COC(=O)N(C)CCN(C)C(=O)n2ccc3c(N(C)[C@H]4CN(C(=O)CC#N)CC[C@H]4C)ncnc32)cc1. The second-order valence-corrected chi connectivity index (χ2v) is 21.6. The molecule has 2 fully saturated rings. The zero-order chi connectivity index (χ0) is 62.0. The number of fused-ring (bicyclic) bond motifs is 1. The maximum absolute atomic E-state index is 13.8. The number of hydrogen-bond acceptors (Lipinski definition) is 18. The normalized spacial score (nSPS) is 16.4. The molecule has 466 valence electrons. The second-order valence-electron chi connectivity index (χ2n) is 21.0. The minimum Gasteiger partial charge on any atom is -0.445 e. The number of likely N-dealkylation sites (N-methyl/N-ethyl adjacent to an activating group) is 3. The molecule has 0 spiro atoms. The molecule has 0 aliphatic carbocycles. The number of primary amides is 1. The van der Waals surface area contributed by atoms with Crippen molar-refractivity contribution in [3.8, 4) is 6.07 Å². The summed E-state index contributed by atoms with van der Waals surface area (Å²) in [5.74, 6) is -3.05. The monoisotopic (exact) mass is 1250 g/mol. The van der Waals surface area contributed by atoms with Gasteiger partial charge in [0.2, 0.25) is 41.4 Å². The van der Waals surface area contributed by atoms with Gasteiger partial charge in [0, 0.05) is 78.7 Å². The Labute approximate surface area is 503 Å². The molecule has 85 heavy (non-hydrogen) atoms.